The lowest BCUT2D eigenvalue weighted by atomic mass is 10.0. The van der Waals surface area contributed by atoms with Crippen molar-refractivity contribution in [2.45, 2.75) is 20.3 Å². The number of hydrogen-bond donors (Lipinski definition) is 1. The average molecular weight is 254 g/mol. The Hall–Kier alpha value is -2.10. The molecule has 1 aliphatic heterocycles. The summed E-state index contributed by atoms with van der Waals surface area (Å²) in [5.74, 6) is 0. The van der Waals surface area contributed by atoms with Gasteiger partial charge in [0.2, 0.25) is 0 Å². The third-order valence-corrected chi connectivity index (χ3v) is 3.72. The summed E-state index contributed by atoms with van der Waals surface area (Å²) in [5.41, 5.74) is 5.64. The van der Waals surface area contributed by atoms with Gasteiger partial charge in [0.25, 0.3) is 0 Å². The first kappa shape index (κ1) is 12.0. The highest BCUT2D eigenvalue weighted by atomic mass is 15.1. The molecule has 0 spiro atoms. The number of fused-ring (bicyclic) bond motifs is 1. The number of nitrogens with one attached hydrogen (secondary N) is 1. The molecule has 1 N–H and O–H groups in total. The van der Waals surface area contributed by atoms with Gasteiger partial charge in [-0.1, -0.05) is 12.7 Å². The summed E-state index contributed by atoms with van der Waals surface area (Å²) in [4.78, 5) is 14.3. The van der Waals surface area contributed by atoms with Crippen LogP contribution in [0.5, 0.6) is 0 Å². The van der Waals surface area contributed by atoms with Crippen LogP contribution in [0, 0.1) is 6.92 Å². The normalized spacial score (nSPS) is 15.7. The molecule has 0 saturated heterocycles. The molecule has 0 fully saturated rings. The lowest BCUT2D eigenvalue weighted by Gasteiger charge is -2.28. The maximum Gasteiger partial charge on any atom is 0.141 e. The SMILES string of the molecule is C=C(C)N1CC=C(c2ncnc3[nH]cc(C)c23)CC1. The Bertz CT molecular complexity index is 666. The first-order chi connectivity index (χ1) is 9.16. The number of aromatic amines is 1. The van der Waals surface area contributed by atoms with E-state index in [9.17, 15) is 0 Å². The number of allylic oxidation sites excluding steroid dienone is 1. The quantitative estimate of drug-likeness (QED) is 0.896. The second kappa shape index (κ2) is 4.53. The summed E-state index contributed by atoms with van der Waals surface area (Å²) in [7, 11) is 0. The lowest BCUT2D eigenvalue weighted by molar-refractivity contribution is 0.381. The highest BCUT2D eigenvalue weighted by molar-refractivity contribution is 5.90. The summed E-state index contributed by atoms with van der Waals surface area (Å²) < 4.78 is 0. The van der Waals surface area contributed by atoms with Crippen molar-refractivity contribution in [3.8, 4) is 0 Å². The van der Waals surface area contributed by atoms with E-state index in [-0.39, 0.29) is 0 Å². The summed E-state index contributed by atoms with van der Waals surface area (Å²) >= 11 is 0. The topological polar surface area (TPSA) is 44.8 Å². The second-order valence-electron chi connectivity index (χ2n) is 5.08. The Morgan fingerprint density at radius 2 is 2.26 bits per heavy atom. The summed E-state index contributed by atoms with van der Waals surface area (Å²) in [6.07, 6.45) is 6.89. The van der Waals surface area contributed by atoms with Gasteiger partial charge in [-0.15, -0.1) is 0 Å². The highest BCUT2D eigenvalue weighted by Crippen LogP contribution is 2.28. The predicted molar refractivity (Wildman–Crippen MR) is 77.6 cm³/mol. The van der Waals surface area contributed by atoms with Crippen LogP contribution in [0.3, 0.4) is 0 Å². The zero-order valence-corrected chi connectivity index (χ0v) is 11.4. The molecule has 19 heavy (non-hydrogen) atoms. The van der Waals surface area contributed by atoms with Gasteiger partial charge in [-0.05, 0) is 31.4 Å². The van der Waals surface area contributed by atoms with Crippen molar-refractivity contribution in [1.82, 2.24) is 19.9 Å². The molecule has 1 aliphatic rings. The van der Waals surface area contributed by atoms with Gasteiger partial charge in [0, 0.05) is 30.4 Å². The molecule has 0 amide bonds. The predicted octanol–water partition coefficient (Wildman–Crippen LogP) is 2.89. The number of H-pyrrole nitrogens is 1. The van der Waals surface area contributed by atoms with Gasteiger partial charge in [-0.25, -0.2) is 9.97 Å². The van der Waals surface area contributed by atoms with Crippen molar-refractivity contribution >= 4 is 16.6 Å². The molecule has 0 radical (unpaired) electrons. The second-order valence-corrected chi connectivity index (χ2v) is 5.08. The number of hydrogen-bond acceptors (Lipinski definition) is 3. The summed E-state index contributed by atoms with van der Waals surface area (Å²) in [5, 5.41) is 1.15. The Morgan fingerprint density at radius 1 is 1.42 bits per heavy atom. The molecule has 4 nitrogen and oxygen atoms in total. The fourth-order valence-corrected chi connectivity index (χ4v) is 2.59. The van der Waals surface area contributed by atoms with Crippen LogP contribution >= 0.6 is 0 Å². The Kier molecular flexibility index (Phi) is 2.85. The minimum absolute atomic E-state index is 0.916. The highest BCUT2D eigenvalue weighted by Gasteiger charge is 2.17. The van der Waals surface area contributed by atoms with Crippen molar-refractivity contribution in [2.75, 3.05) is 13.1 Å². The molecule has 0 atom stereocenters. The molecule has 3 rings (SSSR count). The Balaban J connectivity index is 2.02. The van der Waals surface area contributed by atoms with Gasteiger partial charge in [-0.3, -0.25) is 0 Å². The zero-order valence-electron chi connectivity index (χ0n) is 11.4. The van der Waals surface area contributed by atoms with E-state index in [1.807, 2.05) is 6.20 Å². The standard InChI is InChI=1S/C15H18N4/c1-10(2)19-6-4-12(5-7-19)14-13-11(3)8-16-15(13)18-9-17-14/h4,8-9H,1,5-7H2,2-3H3,(H,16,17,18). The summed E-state index contributed by atoms with van der Waals surface area (Å²) in [6.45, 7) is 10.1. The van der Waals surface area contributed by atoms with E-state index in [0.29, 0.717) is 0 Å². The molecule has 2 aromatic rings. The largest absolute Gasteiger partial charge is 0.371 e. The van der Waals surface area contributed by atoms with Crippen molar-refractivity contribution in [3.63, 3.8) is 0 Å². The molecule has 0 bridgehead atoms. The Morgan fingerprint density at radius 3 is 2.95 bits per heavy atom. The van der Waals surface area contributed by atoms with Crippen molar-refractivity contribution in [1.29, 1.82) is 0 Å². The maximum atomic E-state index is 4.49. The van der Waals surface area contributed by atoms with Gasteiger partial charge < -0.3 is 9.88 Å². The number of rotatable bonds is 2. The Labute approximate surface area is 112 Å². The molecule has 0 unspecified atom stereocenters. The van der Waals surface area contributed by atoms with E-state index in [4.69, 9.17) is 0 Å². The molecule has 2 aromatic heterocycles. The van der Waals surface area contributed by atoms with Crippen LogP contribution in [-0.2, 0) is 0 Å². The van der Waals surface area contributed by atoms with Crippen LogP contribution < -0.4 is 0 Å². The minimum Gasteiger partial charge on any atom is -0.371 e. The van der Waals surface area contributed by atoms with E-state index in [1.165, 1.54) is 11.1 Å². The van der Waals surface area contributed by atoms with Crippen molar-refractivity contribution in [3.05, 3.63) is 42.1 Å². The molecule has 0 saturated carbocycles. The van der Waals surface area contributed by atoms with E-state index < -0.39 is 0 Å². The van der Waals surface area contributed by atoms with Crippen LogP contribution in [0.2, 0.25) is 0 Å². The first-order valence-electron chi connectivity index (χ1n) is 6.55. The molecule has 4 heteroatoms. The van der Waals surface area contributed by atoms with Crippen molar-refractivity contribution < 1.29 is 0 Å². The summed E-state index contributed by atoms with van der Waals surface area (Å²) in [6, 6.07) is 0. The fraction of sp³-hybridized carbons (Fsp3) is 0.333. The van der Waals surface area contributed by atoms with Gasteiger partial charge in [-0.2, -0.15) is 0 Å². The average Bonchev–Trinajstić information content (AvgIpc) is 2.81. The van der Waals surface area contributed by atoms with Gasteiger partial charge in [0.05, 0.1) is 5.69 Å². The minimum atomic E-state index is 0.916. The fourth-order valence-electron chi connectivity index (χ4n) is 2.59. The van der Waals surface area contributed by atoms with Crippen LogP contribution in [0.1, 0.15) is 24.6 Å². The van der Waals surface area contributed by atoms with Gasteiger partial charge >= 0.3 is 0 Å². The van der Waals surface area contributed by atoms with Crippen LogP contribution in [0.15, 0.2) is 30.9 Å². The van der Waals surface area contributed by atoms with Gasteiger partial charge in [0.1, 0.15) is 12.0 Å². The van der Waals surface area contributed by atoms with Gasteiger partial charge in [0.15, 0.2) is 0 Å². The third kappa shape index (κ3) is 2.03. The number of aryl methyl sites for hydroxylation is 1. The van der Waals surface area contributed by atoms with E-state index in [2.05, 4.69) is 46.4 Å². The van der Waals surface area contributed by atoms with Crippen LogP contribution in [0.25, 0.3) is 16.6 Å². The molecule has 0 aromatic carbocycles. The van der Waals surface area contributed by atoms with E-state index in [1.54, 1.807) is 6.33 Å². The number of nitrogens with zero attached hydrogens (tertiary/aromatic N) is 3. The monoisotopic (exact) mass is 254 g/mol. The lowest BCUT2D eigenvalue weighted by Crippen LogP contribution is -2.26. The van der Waals surface area contributed by atoms with E-state index >= 15 is 0 Å². The third-order valence-electron chi connectivity index (χ3n) is 3.72. The zero-order chi connectivity index (χ0) is 13.4. The molecule has 0 aliphatic carbocycles. The maximum absolute atomic E-state index is 4.49. The van der Waals surface area contributed by atoms with E-state index in [0.717, 1.165) is 41.9 Å². The molecular formula is C15H18N4. The molecule has 98 valence electrons. The first-order valence-corrected chi connectivity index (χ1v) is 6.55. The molecule has 3 heterocycles. The number of aromatic nitrogens is 3. The van der Waals surface area contributed by atoms with Crippen LogP contribution in [-0.4, -0.2) is 32.9 Å². The van der Waals surface area contributed by atoms with Crippen LogP contribution in [0.4, 0.5) is 0 Å². The van der Waals surface area contributed by atoms with Crippen molar-refractivity contribution in [2.24, 2.45) is 0 Å². The molecular weight excluding hydrogens is 236 g/mol. The smallest absolute Gasteiger partial charge is 0.141 e.